The monoisotopic (exact) mass is 539 g/mol. The number of furan rings is 1. The van der Waals surface area contributed by atoms with Crippen LogP contribution in [0.2, 0.25) is 0 Å². The summed E-state index contributed by atoms with van der Waals surface area (Å²) in [5.74, 6) is 1.79. The van der Waals surface area contributed by atoms with Crippen molar-refractivity contribution in [2.45, 2.75) is 6.61 Å². The van der Waals surface area contributed by atoms with E-state index in [0.717, 1.165) is 13.4 Å². The highest BCUT2D eigenvalue weighted by Gasteiger charge is 2.10. The number of carbonyl (C=O) groups excluding carboxylic acids is 1. The first-order valence-corrected chi connectivity index (χ1v) is 9.89. The first-order chi connectivity index (χ1) is 12.5. The van der Waals surface area contributed by atoms with Crippen molar-refractivity contribution in [3.05, 3.63) is 85.4 Å². The summed E-state index contributed by atoms with van der Waals surface area (Å²) in [6.07, 6.45) is 6.25. The van der Waals surface area contributed by atoms with Gasteiger partial charge in [0.25, 0.3) is 0 Å². The quantitative estimate of drug-likeness (QED) is 0.266. The first kappa shape index (κ1) is 19.1. The predicted octanol–water partition coefficient (Wildman–Crippen LogP) is 6.44. The summed E-state index contributed by atoms with van der Waals surface area (Å²) in [4.78, 5) is 16.0. The Morgan fingerprint density at radius 2 is 1.92 bits per heavy atom. The van der Waals surface area contributed by atoms with Crippen LogP contribution in [-0.4, -0.2) is 10.8 Å². The zero-order valence-electron chi connectivity index (χ0n) is 13.3. The molecular weight excluding hydrogens is 530 g/mol. The first-order valence-electron chi connectivity index (χ1n) is 7.51. The summed E-state index contributed by atoms with van der Waals surface area (Å²) in [6.45, 7) is 0.267. The van der Waals surface area contributed by atoms with E-state index in [1.54, 1.807) is 30.5 Å². The van der Waals surface area contributed by atoms with E-state index in [0.29, 0.717) is 22.8 Å². The number of benzene rings is 1. The molecule has 0 fully saturated rings. The summed E-state index contributed by atoms with van der Waals surface area (Å²) in [5.41, 5.74) is 0.531. The molecule has 0 radical (unpaired) electrons. The van der Waals surface area contributed by atoms with Crippen LogP contribution in [-0.2, 0) is 6.61 Å². The Morgan fingerprint density at radius 3 is 2.62 bits per heavy atom. The van der Waals surface area contributed by atoms with E-state index in [-0.39, 0.29) is 12.4 Å². The highest BCUT2D eigenvalue weighted by molar-refractivity contribution is 9.11. The lowest BCUT2D eigenvalue weighted by atomic mass is 10.2. The SMILES string of the molecule is O=C(/C=C/c1ccc(COc2c(Br)cc(Br)cc2Br)o1)c1cccnc1. The zero-order chi connectivity index (χ0) is 18.5. The van der Waals surface area contributed by atoms with E-state index < -0.39 is 0 Å². The molecule has 7 heteroatoms. The maximum absolute atomic E-state index is 12.0. The summed E-state index contributed by atoms with van der Waals surface area (Å²) in [6, 6.07) is 10.9. The second-order valence-electron chi connectivity index (χ2n) is 5.23. The maximum atomic E-state index is 12.0. The van der Waals surface area contributed by atoms with Crippen LogP contribution in [0.15, 0.2) is 72.7 Å². The number of hydrogen-bond acceptors (Lipinski definition) is 4. The maximum Gasteiger partial charge on any atom is 0.187 e. The Hall–Kier alpha value is -1.70. The molecule has 1 aromatic carbocycles. The number of ketones is 1. The molecule has 0 amide bonds. The van der Waals surface area contributed by atoms with Crippen molar-refractivity contribution >= 4 is 59.6 Å². The number of rotatable bonds is 6. The van der Waals surface area contributed by atoms with Gasteiger partial charge in [0, 0.05) is 22.4 Å². The molecule has 0 unspecified atom stereocenters. The Balaban J connectivity index is 1.64. The number of hydrogen-bond donors (Lipinski definition) is 0. The second-order valence-corrected chi connectivity index (χ2v) is 7.85. The van der Waals surface area contributed by atoms with Crippen molar-refractivity contribution in [2.75, 3.05) is 0 Å². The van der Waals surface area contributed by atoms with Gasteiger partial charge in [-0.1, -0.05) is 15.9 Å². The van der Waals surface area contributed by atoms with E-state index in [9.17, 15) is 4.79 Å². The molecule has 0 aliphatic carbocycles. The third kappa shape index (κ3) is 4.93. The van der Waals surface area contributed by atoms with Crippen molar-refractivity contribution in [2.24, 2.45) is 0 Å². The summed E-state index contributed by atoms with van der Waals surface area (Å²) >= 11 is 10.4. The summed E-state index contributed by atoms with van der Waals surface area (Å²) in [7, 11) is 0. The average Bonchev–Trinajstić information content (AvgIpc) is 3.07. The number of halogens is 3. The smallest absolute Gasteiger partial charge is 0.187 e. The Labute approximate surface area is 175 Å². The highest BCUT2D eigenvalue weighted by atomic mass is 79.9. The molecule has 2 heterocycles. The largest absolute Gasteiger partial charge is 0.483 e. The molecule has 4 nitrogen and oxygen atoms in total. The van der Waals surface area contributed by atoms with Crippen LogP contribution < -0.4 is 4.74 Å². The topological polar surface area (TPSA) is 52.3 Å². The van der Waals surface area contributed by atoms with Crippen molar-refractivity contribution in [1.82, 2.24) is 4.98 Å². The van der Waals surface area contributed by atoms with Crippen LogP contribution in [0.5, 0.6) is 5.75 Å². The van der Waals surface area contributed by atoms with Crippen molar-refractivity contribution < 1.29 is 13.9 Å². The molecule has 0 bridgehead atoms. The van der Waals surface area contributed by atoms with Gasteiger partial charge in [-0.2, -0.15) is 0 Å². The summed E-state index contributed by atoms with van der Waals surface area (Å²) < 4.78 is 14.1. The molecule has 3 rings (SSSR count). The molecule has 26 heavy (non-hydrogen) atoms. The van der Waals surface area contributed by atoms with Crippen LogP contribution in [0.1, 0.15) is 21.9 Å². The van der Waals surface area contributed by atoms with Gasteiger partial charge in [0.1, 0.15) is 23.9 Å². The van der Waals surface area contributed by atoms with Gasteiger partial charge < -0.3 is 9.15 Å². The fourth-order valence-corrected chi connectivity index (χ4v) is 4.62. The molecule has 0 atom stereocenters. The molecule has 0 aliphatic rings. The van der Waals surface area contributed by atoms with Gasteiger partial charge in [0.2, 0.25) is 0 Å². The van der Waals surface area contributed by atoms with Gasteiger partial charge in [0.15, 0.2) is 5.78 Å². The Kier molecular flexibility index (Phi) is 6.45. The fourth-order valence-electron chi connectivity index (χ4n) is 2.13. The van der Waals surface area contributed by atoms with Crippen LogP contribution >= 0.6 is 47.8 Å². The van der Waals surface area contributed by atoms with Crippen LogP contribution in [0.4, 0.5) is 0 Å². The van der Waals surface area contributed by atoms with E-state index >= 15 is 0 Å². The van der Waals surface area contributed by atoms with Gasteiger partial charge in [-0.3, -0.25) is 9.78 Å². The molecule has 132 valence electrons. The van der Waals surface area contributed by atoms with Gasteiger partial charge in [0.05, 0.1) is 8.95 Å². The van der Waals surface area contributed by atoms with Gasteiger partial charge in [-0.25, -0.2) is 0 Å². The highest BCUT2D eigenvalue weighted by Crippen LogP contribution is 2.36. The molecule has 0 N–H and O–H groups in total. The molecular formula is C19H12Br3NO3. The number of ether oxygens (including phenoxy) is 1. The van der Waals surface area contributed by atoms with Gasteiger partial charge in [-0.15, -0.1) is 0 Å². The minimum absolute atomic E-state index is 0.130. The van der Waals surface area contributed by atoms with E-state index in [4.69, 9.17) is 9.15 Å². The lowest BCUT2D eigenvalue weighted by Gasteiger charge is -2.09. The molecule has 0 saturated heterocycles. The van der Waals surface area contributed by atoms with E-state index in [2.05, 4.69) is 52.8 Å². The lowest BCUT2D eigenvalue weighted by Crippen LogP contribution is -1.95. The fraction of sp³-hybridized carbons (Fsp3) is 0.0526. The van der Waals surface area contributed by atoms with E-state index in [1.165, 1.54) is 12.3 Å². The number of aromatic nitrogens is 1. The normalized spacial score (nSPS) is 11.0. The third-order valence-corrected chi connectivity index (χ3v) is 4.99. The van der Waals surface area contributed by atoms with Crippen molar-refractivity contribution in [3.8, 4) is 5.75 Å². The second kappa shape index (κ2) is 8.79. The molecule has 0 aliphatic heterocycles. The van der Waals surface area contributed by atoms with Crippen LogP contribution in [0.25, 0.3) is 6.08 Å². The van der Waals surface area contributed by atoms with Crippen molar-refractivity contribution in [3.63, 3.8) is 0 Å². The summed E-state index contributed by atoms with van der Waals surface area (Å²) in [5, 5.41) is 0. The number of pyridine rings is 1. The van der Waals surface area contributed by atoms with E-state index in [1.807, 2.05) is 18.2 Å². The molecule has 0 spiro atoms. The van der Waals surface area contributed by atoms with Gasteiger partial charge >= 0.3 is 0 Å². The van der Waals surface area contributed by atoms with Gasteiger partial charge in [-0.05, 0) is 80.4 Å². The lowest BCUT2D eigenvalue weighted by molar-refractivity contribution is 0.104. The minimum Gasteiger partial charge on any atom is -0.483 e. The molecule has 3 aromatic rings. The Morgan fingerprint density at radius 1 is 1.15 bits per heavy atom. The van der Waals surface area contributed by atoms with Crippen LogP contribution in [0.3, 0.4) is 0 Å². The third-order valence-electron chi connectivity index (χ3n) is 3.35. The average molecular weight is 542 g/mol. The predicted molar refractivity (Wildman–Crippen MR) is 110 cm³/mol. The standard InChI is InChI=1S/C19H12Br3NO3/c20-13-8-16(21)19(17(22)9-13)25-11-15-4-3-14(26-15)5-6-18(24)12-2-1-7-23-10-12/h1-10H,11H2/b6-5+. The molecule has 2 aromatic heterocycles. The number of nitrogens with zero attached hydrogens (tertiary/aromatic N) is 1. The Bertz CT molecular complexity index is 929. The number of carbonyl (C=O) groups is 1. The zero-order valence-corrected chi connectivity index (χ0v) is 18.0. The number of allylic oxidation sites excluding steroid dienone is 1. The van der Waals surface area contributed by atoms with Crippen LogP contribution in [0, 0.1) is 0 Å². The van der Waals surface area contributed by atoms with Crippen molar-refractivity contribution in [1.29, 1.82) is 0 Å². The minimum atomic E-state index is -0.130. The molecule has 0 saturated carbocycles.